The first kappa shape index (κ1) is 14.8. The van der Waals surface area contributed by atoms with Crippen LogP contribution in [-0.4, -0.2) is 46.7 Å². The van der Waals surface area contributed by atoms with Crippen LogP contribution in [0.3, 0.4) is 0 Å². The lowest BCUT2D eigenvalue weighted by Gasteiger charge is -2.11. The summed E-state index contributed by atoms with van der Waals surface area (Å²) in [6.07, 6.45) is 2.18. The Hall–Kier alpha value is -0.160. The van der Waals surface area contributed by atoms with Crippen LogP contribution in [0.1, 0.15) is 19.8 Å². The molecule has 0 saturated heterocycles. The van der Waals surface area contributed by atoms with Gasteiger partial charge in [0.2, 0.25) is 0 Å². The average Bonchev–Trinajstić information content (AvgIpc) is 2.27. The summed E-state index contributed by atoms with van der Waals surface area (Å²) in [5, 5.41) is 0. The summed E-state index contributed by atoms with van der Waals surface area (Å²) in [4.78, 5) is 0. The second kappa shape index (κ2) is 11.9. The molecule has 92 valence electrons. The lowest BCUT2D eigenvalue weighted by Crippen LogP contribution is -2.16. The van der Waals surface area contributed by atoms with E-state index in [0.29, 0.717) is 32.3 Å². The molecular formula is C11H25NO3. The van der Waals surface area contributed by atoms with Gasteiger partial charge < -0.3 is 19.9 Å². The maximum absolute atomic E-state index is 5.58. The van der Waals surface area contributed by atoms with Crippen LogP contribution in [0, 0.1) is 5.92 Å². The van der Waals surface area contributed by atoms with E-state index in [4.69, 9.17) is 19.9 Å². The molecule has 4 nitrogen and oxygen atoms in total. The Bertz CT molecular complexity index is 118. The molecule has 1 atom stereocenters. The molecule has 15 heavy (non-hydrogen) atoms. The summed E-state index contributed by atoms with van der Waals surface area (Å²) in [6.45, 7) is 6.28. The Labute approximate surface area is 93.1 Å². The monoisotopic (exact) mass is 219 g/mol. The van der Waals surface area contributed by atoms with E-state index >= 15 is 0 Å². The maximum Gasteiger partial charge on any atom is 0.0701 e. The summed E-state index contributed by atoms with van der Waals surface area (Å²) < 4.78 is 15.5. The van der Waals surface area contributed by atoms with E-state index < -0.39 is 0 Å². The van der Waals surface area contributed by atoms with Crippen LogP contribution in [0.2, 0.25) is 0 Å². The number of hydrogen-bond donors (Lipinski definition) is 1. The molecule has 0 aliphatic carbocycles. The van der Waals surface area contributed by atoms with Crippen molar-refractivity contribution >= 4 is 0 Å². The van der Waals surface area contributed by atoms with Gasteiger partial charge in [0.25, 0.3) is 0 Å². The van der Waals surface area contributed by atoms with Gasteiger partial charge in [0, 0.05) is 13.7 Å². The summed E-state index contributed by atoms with van der Waals surface area (Å²) in [5.41, 5.74) is 5.58. The fraction of sp³-hybridized carbons (Fsp3) is 1.00. The van der Waals surface area contributed by atoms with Crippen LogP contribution in [0.5, 0.6) is 0 Å². The highest BCUT2D eigenvalue weighted by molar-refractivity contribution is 4.56. The third-order valence-corrected chi connectivity index (χ3v) is 2.38. The summed E-state index contributed by atoms with van der Waals surface area (Å²) in [6, 6.07) is 0. The number of methoxy groups -OCH3 is 1. The molecule has 2 N–H and O–H groups in total. The van der Waals surface area contributed by atoms with Gasteiger partial charge in [-0.3, -0.25) is 0 Å². The third-order valence-electron chi connectivity index (χ3n) is 2.38. The quantitative estimate of drug-likeness (QED) is 0.528. The Kier molecular flexibility index (Phi) is 11.8. The first-order chi connectivity index (χ1) is 7.35. The lowest BCUT2D eigenvalue weighted by molar-refractivity contribution is 0.0219. The second-order valence-corrected chi connectivity index (χ2v) is 3.52. The summed E-state index contributed by atoms with van der Waals surface area (Å²) in [7, 11) is 1.66. The van der Waals surface area contributed by atoms with E-state index in [1.165, 1.54) is 0 Å². The van der Waals surface area contributed by atoms with Crippen molar-refractivity contribution in [3.05, 3.63) is 0 Å². The molecule has 1 unspecified atom stereocenters. The van der Waals surface area contributed by atoms with Crippen molar-refractivity contribution < 1.29 is 14.2 Å². The molecule has 0 aliphatic rings. The van der Waals surface area contributed by atoms with Crippen LogP contribution in [0.25, 0.3) is 0 Å². The van der Waals surface area contributed by atoms with Crippen LogP contribution < -0.4 is 5.73 Å². The zero-order chi connectivity index (χ0) is 11.4. The van der Waals surface area contributed by atoms with Crippen molar-refractivity contribution in [2.45, 2.75) is 19.8 Å². The predicted molar refractivity (Wildman–Crippen MR) is 61.0 cm³/mol. The van der Waals surface area contributed by atoms with E-state index in [2.05, 4.69) is 6.92 Å². The van der Waals surface area contributed by atoms with Gasteiger partial charge in [0.1, 0.15) is 0 Å². The highest BCUT2D eigenvalue weighted by Crippen LogP contribution is 2.05. The first-order valence-electron chi connectivity index (χ1n) is 5.69. The minimum absolute atomic E-state index is 0.597. The Morgan fingerprint density at radius 3 is 2.13 bits per heavy atom. The predicted octanol–water partition coefficient (Wildman–Crippen LogP) is 1.04. The average molecular weight is 219 g/mol. The molecule has 0 spiro atoms. The number of ether oxygens (including phenoxy) is 3. The van der Waals surface area contributed by atoms with Crippen LogP contribution in [0.4, 0.5) is 0 Å². The van der Waals surface area contributed by atoms with E-state index in [-0.39, 0.29) is 0 Å². The standard InChI is InChI=1S/C11H25NO3/c1-3-11(10-12)4-5-14-8-9-15-7-6-13-2/h11H,3-10,12H2,1-2H3. The molecule has 0 aromatic heterocycles. The van der Waals surface area contributed by atoms with Crippen LogP contribution >= 0.6 is 0 Å². The molecule has 0 saturated carbocycles. The van der Waals surface area contributed by atoms with E-state index in [0.717, 1.165) is 26.0 Å². The topological polar surface area (TPSA) is 53.7 Å². The molecule has 0 aromatic rings. The Balaban J connectivity index is 3.04. The Morgan fingerprint density at radius 1 is 1.00 bits per heavy atom. The molecule has 0 rings (SSSR count). The Morgan fingerprint density at radius 2 is 1.60 bits per heavy atom. The van der Waals surface area contributed by atoms with Crippen molar-refractivity contribution in [1.82, 2.24) is 0 Å². The van der Waals surface area contributed by atoms with Crippen molar-refractivity contribution in [1.29, 1.82) is 0 Å². The zero-order valence-corrected chi connectivity index (χ0v) is 10.0. The van der Waals surface area contributed by atoms with Gasteiger partial charge in [-0.25, -0.2) is 0 Å². The van der Waals surface area contributed by atoms with Gasteiger partial charge in [-0.2, -0.15) is 0 Å². The van der Waals surface area contributed by atoms with Crippen molar-refractivity contribution in [2.75, 3.05) is 46.7 Å². The van der Waals surface area contributed by atoms with Gasteiger partial charge >= 0.3 is 0 Å². The van der Waals surface area contributed by atoms with E-state index in [1.807, 2.05) is 0 Å². The van der Waals surface area contributed by atoms with Gasteiger partial charge in [0.15, 0.2) is 0 Å². The highest BCUT2D eigenvalue weighted by Gasteiger charge is 2.02. The fourth-order valence-corrected chi connectivity index (χ4v) is 1.20. The van der Waals surface area contributed by atoms with Crippen LogP contribution in [-0.2, 0) is 14.2 Å². The minimum Gasteiger partial charge on any atom is -0.382 e. The van der Waals surface area contributed by atoms with Gasteiger partial charge in [-0.05, 0) is 18.9 Å². The smallest absolute Gasteiger partial charge is 0.0701 e. The van der Waals surface area contributed by atoms with Gasteiger partial charge in [0.05, 0.1) is 26.4 Å². The first-order valence-corrected chi connectivity index (χ1v) is 5.69. The van der Waals surface area contributed by atoms with Crippen molar-refractivity contribution in [3.63, 3.8) is 0 Å². The molecule has 0 aromatic carbocycles. The summed E-state index contributed by atoms with van der Waals surface area (Å²) in [5.74, 6) is 0.597. The number of rotatable bonds is 11. The highest BCUT2D eigenvalue weighted by atomic mass is 16.5. The SMILES string of the molecule is CCC(CN)CCOCCOCCOC. The van der Waals surface area contributed by atoms with Crippen LogP contribution in [0.15, 0.2) is 0 Å². The number of nitrogens with two attached hydrogens (primary N) is 1. The van der Waals surface area contributed by atoms with Gasteiger partial charge in [-0.15, -0.1) is 0 Å². The molecule has 4 heteroatoms. The fourth-order valence-electron chi connectivity index (χ4n) is 1.20. The second-order valence-electron chi connectivity index (χ2n) is 3.52. The lowest BCUT2D eigenvalue weighted by atomic mass is 10.0. The van der Waals surface area contributed by atoms with Crippen molar-refractivity contribution in [2.24, 2.45) is 11.7 Å². The van der Waals surface area contributed by atoms with Gasteiger partial charge in [-0.1, -0.05) is 13.3 Å². The van der Waals surface area contributed by atoms with E-state index in [1.54, 1.807) is 7.11 Å². The van der Waals surface area contributed by atoms with Crippen molar-refractivity contribution in [3.8, 4) is 0 Å². The molecule has 0 aliphatic heterocycles. The summed E-state index contributed by atoms with van der Waals surface area (Å²) >= 11 is 0. The molecule has 0 radical (unpaired) electrons. The largest absolute Gasteiger partial charge is 0.382 e. The minimum atomic E-state index is 0.597. The molecule has 0 amide bonds. The molecule has 0 heterocycles. The number of hydrogen-bond acceptors (Lipinski definition) is 4. The third kappa shape index (κ3) is 10.1. The molecule has 0 fully saturated rings. The van der Waals surface area contributed by atoms with E-state index in [9.17, 15) is 0 Å². The normalized spacial score (nSPS) is 13.0. The zero-order valence-electron chi connectivity index (χ0n) is 10.0. The molecule has 0 bridgehead atoms. The maximum atomic E-state index is 5.58. The molecular weight excluding hydrogens is 194 g/mol.